The summed E-state index contributed by atoms with van der Waals surface area (Å²) in [4.78, 5) is 24.6. The van der Waals surface area contributed by atoms with Crippen LogP contribution in [-0.2, 0) is 4.74 Å². The molecular formula is C13H15FN2O4. The van der Waals surface area contributed by atoms with Crippen molar-refractivity contribution in [1.29, 1.82) is 0 Å². The lowest BCUT2D eigenvalue weighted by Crippen LogP contribution is -2.46. The molecule has 1 heterocycles. The van der Waals surface area contributed by atoms with Crippen LogP contribution in [-0.4, -0.2) is 47.8 Å². The van der Waals surface area contributed by atoms with Crippen molar-refractivity contribution in [1.82, 2.24) is 4.90 Å². The Morgan fingerprint density at radius 3 is 2.90 bits per heavy atom. The number of carboxylic acid groups (broad SMARTS) is 1. The molecule has 0 saturated carbocycles. The molecule has 0 bridgehead atoms. The molecule has 1 aliphatic heterocycles. The molecule has 2 amide bonds. The lowest BCUT2D eigenvalue weighted by atomic mass is 10.1. The SMILES string of the molecule is CC1CN(C(=O)Nc2ccc(F)cc2C(=O)O)CCO1. The zero-order valence-electron chi connectivity index (χ0n) is 10.9. The molecule has 7 heteroatoms. The van der Waals surface area contributed by atoms with E-state index in [9.17, 15) is 14.0 Å². The van der Waals surface area contributed by atoms with E-state index in [0.717, 1.165) is 12.1 Å². The maximum Gasteiger partial charge on any atom is 0.337 e. The van der Waals surface area contributed by atoms with Crippen LogP contribution in [0.1, 0.15) is 17.3 Å². The van der Waals surface area contributed by atoms with Crippen molar-refractivity contribution in [3.8, 4) is 0 Å². The topological polar surface area (TPSA) is 78.9 Å². The highest BCUT2D eigenvalue weighted by Gasteiger charge is 2.22. The van der Waals surface area contributed by atoms with Crippen LogP contribution in [0.3, 0.4) is 0 Å². The van der Waals surface area contributed by atoms with Gasteiger partial charge < -0.3 is 20.1 Å². The number of carbonyl (C=O) groups excluding carboxylic acids is 1. The van der Waals surface area contributed by atoms with Gasteiger partial charge in [-0.3, -0.25) is 0 Å². The number of benzene rings is 1. The Morgan fingerprint density at radius 2 is 2.25 bits per heavy atom. The zero-order valence-corrected chi connectivity index (χ0v) is 10.9. The number of rotatable bonds is 2. The van der Waals surface area contributed by atoms with E-state index in [1.807, 2.05) is 6.92 Å². The predicted octanol–water partition coefficient (Wildman–Crippen LogP) is 1.78. The first-order chi connectivity index (χ1) is 9.47. The number of hydrogen-bond donors (Lipinski definition) is 2. The van der Waals surface area contributed by atoms with Crippen LogP contribution >= 0.6 is 0 Å². The average Bonchev–Trinajstić information content (AvgIpc) is 2.40. The summed E-state index contributed by atoms with van der Waals surface area (Å²) in [5.74, 6) is -1.96. The van der Waals surface area contributed by atoms with Crippen molar-refractivity contribution in [3.05, 3.63) is 29.6 Å². The van der Waals surface area contributed by atoms with Gasteiger partial charge in [0.15, 0.2) is 0 Å². The van der Waals surface area contributed by atoms with Gasteiger partial charge in [-0.05, 0) is 25.1 Å². The van der Waals surface area contributed by atoms with Crippen molar-refractivity contribution >= 4 is 17.7 Å². The fraction of sp³-hybridized carbons (Fsp3) is 0.385. The summed E-state index contributed by atoms with van der Waals surface area (Å²) in [6.45, 7) is 3.14. The van der Waals surface area contributed by atoms with Gasteiger partial charge in [0, 0.05) is 13.1 Å². The largest absolute Gasteiger partial charge is 0.478 e. The molecule has 108 valence electrons. The highest BCUT2D eigenvalue weighted by Crippen LogP contribution is 2.18. The summed E-state index contributed by atoms with van der Waals surface area (Å²) in [7, 11) is 0. The third-order valence-corrected chi connectivity index (χ3v) is 2.98. The van der Waals surface area contributed by atoms with Gasteiger partial charge in [0.05, 0.1) is 24.0 Å². The minimum absolute atomic E-state index is 0.0679. The molecule has 6 nitrogen and oxygen atoms in total. The summed E-state index contributed by atoms with van der Waals surface area (Å²) in [5, 5.41) is 11.5. The maximum atomic E-state index is 13.0. The summed E-state index contributed by atoms with van der Waals surface area (Å²) >= 11 is 0. The second-order valence-electron chi connectivity index (χ2n) is 4.55. The Hall–Kier alpha value is -2.15. The van der Waals surface area contributed by atoms with Gasteiger partial charge in [0.25, 0.3) is 0 Å². The smallest absolute Gasteiger partial charge is 0.337 e. The Balaban J connectivity index is 2.13. The van der Waals surface area contributed by atoms with Gasteiger partial charge in [-0.15, -0.1) is 0 Å². The van der Waals surface area contributed by atoms with E-state index in [1.165, 1.54) is 11.0 Å². The Kier molecular flexibility index (Phi) is 4.19. The Bertz CT molecular complexity index is 535. The standard InChI is InChI=1S/C13H15FN2O4/c1-8-7-16(4-5-20-8)13(19)15-11-3-2-9(14)6-10(11)12(17)18/h2-3,6,8H,4-5,7H2,1H3,(H,15,19)(H,17,18). The van der Waals surface area contributed by atoms with Crippen LogP contribution in [0.5, 0.6) is 0 Å². The second-order valence-corrected chi connectivity index (χ2v) is 4.55. The molecular weight excluding hydrogens is 267 g/mol. The number of nitrogens with one attached hydrogen (secondary N) is 1. The third-order valence-electron chi connectivity index (χ3n) is 2.98. The lowest BCUT2D eigenvalue weighted by molar-refractivity contribution is -0.00139. The van der Waals surface area contributed by atoms with Gasteiger partial charge >= 0.3 is 12.0 Å². The van der Waals surface area contributed by atoms with Crippen LogP contribution in [0.25, 0.3) is 0 Å². The molecule has 1 saturated heterocycles. The third kappa shape index (κ3) is 3.24. The van der Waals surface area contributed by atoms with Crippen molar-refractivity contribution < 1.29 is 23.8 Å². The second kappa shape index (κ2) is 5.87. The van der Waals surface area contributed by atoms with E-state index in [2.05, 4.69) is 5.32 Å². The zero-order chi connectivity index (χ0) is 14.7. The molecule has 1 unspecified atom stereocenters. The number of morpholine rings is 1. The molecule has 2 rings (SSSR count). The molecule has 2 N–H and O–H groups in total. The number of nitrogens with zero attached hydrogens (tertiary/aromatic N) is 1. The number of ether oxygens (including phenoxy) is 1. The van der Waals surface area contributed by atoms with Gasteiger partial charge in [0.2, 0.25) is 0 Å². The summed E-state index contributed by atoms with van der Waals surface area (Å²) in [6.07, 6.45) is -0.0679. The van der Waals surface area contributed by atoms with Gasteiger partial charge in [-0.25, -0.2) is 14.0 Å². The number of anilines is 1. The van der Waals surface area contributed by atoms with Crippen molar-refractivity contribution in [2.45, 2.75) is 13.0 Å². The van der Waals surface area contributed by atoms with Crippen molar-refractivity contribution in [2.75, 3.05) is 25.0 Å². The molecule has 0 aliphatic carbocycles. The van der Waals surface area contributed by atoms with E-state index >= 15 is 0 Å². The quantitative estimate of drug-likeness (QED) is 0.866. The van der Waals surface area contributed by atoms with E-state index < -0.39 is 17.8 Å². The first kappa shape index (κ1) is 14.3. The van der Waals surface area contributed by atoms with E-state index in [0.29, 0.717) is 19.7 Å². The molecule has 1 atom stereocenters. The number of hydrogen-bond acceptors (Lipinski definition) is 3. The number of halogens is 1. The molecule has 1 aromatic rings. The van der Waals surface area contributed by atoms with Gasteiger partial charge in [-0.2, -0.15) is 0 Å². The average molecular weight is 282 g/mol. The Morgan fingerprint density at radius 1 is 1.50 bits per heavy atom. The monoisotopic (exact) mass is 282 g/mol. The van der Waals surface area contributed by atoms with Crippen molar-refractivity contribution in [2.24, 2.45) is 0 Å². The number of carboxylic acids is 1. The fourth-order valence-electron chi connectivity index (χ4n) is 2.00. The van der Waals surface area contributed by atoms with E-state index in [1.54, 1.807) is 0 Å². The highest BCUT2D eigenvalue weighted by atomic mass is 19.1. The molecule has 20 heavy (non-hydrogen) atoms. The number of amides is 2. The van der Waals surface area contributed by atoms with Crippen LogP contribution in [0.2, 0.25) is 0 Å². The molecule has 0 radical (unpaired) electrons. The Labute approximate surface area is 115 Å². The summed E-state index contributed by atoms with van der Waals surface area (Å²) < 4.78 is 18.4. The van der Waals surface area contributed by atoms with E-state index in [4.69, 9.17) is 9.84 Å². The first-order valence-electron chi connectivity index (χ1n) is 6.17. The maximum absolute atomic E-state index is 13.0. The van der Waals surface area contributed by atoms with E-state index in [-0.39, 0.29) is 17.4 Å². The van der Waals surface area contributed by atoms with Crippen LogP contribution in [0.15, 0.2) is 18.2 Å². The molecule has 0 spiro atoms. The number of carbonyl (C=O) groups is 2. The minimum Gasteiger partial charge on any atom is -0.478 e. The fourth-order valence-corrected chi connectivity index (χ4v) is 2.00. The van der Waals surface area contributed by atoms with Gasteiger partial charge in [0.1, 0.15) is 5.82 Å². The predicted molar refractivity (Wildman–Crippen MR) is 69.4 cm³/mol. The minimum atomic E-state index is -1.30. The number of urea groups is 1. The van der Waals surface area contributed by atoms with Crippen LogP contribution < -0.4 is 5.32 Å². The lowest BCUT2D eigenvalue weighted by Gasteiger charge is -2.31. The highest BCUT2D eigenvalue weighted by molar-refractivity contribution is 6.00. The normalized spacial score (nSPS) is 18.7. The summed E-state index contributed by atoms with van der Waals surface area (Å²) in [6, 6.07) is 2.79. The number of aromatic carboxylic acids is 1. The molecule has 1 fully saturated rings. The van der Waals surface area contributed by atoms with Gasteiger partial charge in [-0.1, -0.05) is 0 Å². The first-order valence-corrected chi connectivity index (χ1v) is 6.17. The summed E-state index contributed by atoms with van der Waals surface area (Å²) in [5.41, 5.74) is -0.206. The van der Waals surface area contributed by atoms with Crippen LogP contribution in [0.4, 0.5) is 14.9 Å². The van der Waals surface area contributed by atoms with Crippen molar-refractivity contribution in [3.63, 3.8) is 0 Å². The molecule has 1 aliphatic rings. The molecule has 0 aromatic heterocycles. The van der Waals surface area contributed by atoms with Crippen LogP contribution in [0, 0.1) is 5.82 Å². The molecule has 1 aromatic carbocycles.